The Balaban J connectivity index is 2.67. The molecule has 0 saturated heterocycles. The fourth-order valence-corrected chi connectivity index (χ4v) is 3.38. The summed E-state index contributed by atoms with van der Waals surface area (Å²) in [6.45, 7) is -0.741. The molecule has 0 bridgehead atoms. The maximum Gasteiger partial charge on any atom is 0.265 e. The van der Waals surface area contributed by atoms with Crippen LogP contribution in [0.15, 0.2) is 16.3 Å². The van der Waals surface area contributed by atoms with E-state index in [1.165, 1.54) is 12.1 Å². The summed E-state index contributed by atoms with van der Waals surface area (Å²) in [5.74, 6) is 0. The Morgan fingerprint density at radius 2 is 2.12 bits per heavy atom. The van der Waals surface area contributed by atoms with Crippen molar-refractivity contribution in [2.24, 2.45) is 0 Å². The van der Waals surface area contributed by atoms with Gasteiger partial charge in [0, 0.05) is 6.54 Å². The van der Waals surface area contributed by atoms with E-state index in [1.807, 2.05) is 4.72 Å². The molecule has 0 radical (unpaired) electrons. The summed E-state index contributed by atoms with van der Waals surface area (Å²) in [5.41, 5.74) is 0. The number of hydrogen-bond donors (Lipinski definition) is 2. The highest BCUT2D eigenvalue weighted by Crippen LogP contribution is 2.25. The topological polar surface area (TPSA) is 66.4 Å². The second-order valence-electron chi connectivity index (χ2n) is 2.81. The van der Waals surface area contributed by atoms with Gasteiger partial charge in [0.2, 0.25) is 10.0 Å². The number of sulfonamides is 1. The van der Waals surface area contributed by atoms with Crippen molar-refractivity contribution in [1.29, 1.82) is 0 Å². The van der Waals surface area contributed by atoms with E-state index in [4.69, 9.17) is 16.7 Å². The van der Waals surface area contributed by atoms with Crippen LogP contribution in [-0.2, 0) is 10.0 Å². The minimum Gasteiger partial charge on any atom is -0.386 e. The van der Waals surface area contributed by atoms with E-state index in [0.29, 0.717) is 0 Å². The van der Waals surface area contributed by atoms with Gasteiger partial charge in [-0.15, -0.1) is 11.3 Å². The van der Waals surface area contributed by atoms with E-state index in [1.54, 1.807) is 0 Å². The minimum atomic E-state index is -3.88. The molecule has 0 aliphatic rings. The van der Waals surface area contributed by atoms with Crippen molar-refractivity contribution in [3.8, 4) is 0 Å². The number of aliphatic hydroxyl groups is 1. The first-order valence-electron chi connectivity index (χ1n) is 4.04. The number of rotatable bonds is 5. The number of thiophene rings is 1. The lowest BCUT2D eigenvalue weighted by Gasteiger charge is -2.09. The summed E-state index contributed by atoms with van der Waals surface area (Å²) in [7, 11) is -3.88. The van der Waals surface area contributed by atoms with Gasteiger partial charge >= 0.3 is 0 Å². The molecule has 1 aromatic heterocycles. The van der Waals surface area contributed by atoms with Gasteiger partial charge in [-0.25, -0.2) is 21.9 Å². The monoisotopic (exact) mass is 291 g/mol. The van der Waals surface area contributed by atoms with Crippen LogP contribution in [0.5, 0.6) is 0 Å². The third-order valence-electron chi connectivity index (χ3n) is 1.59. The first-order valence-corrected chi connectivity index (χ1v) is 6.72. The van der Waals surface area contributed by atoms with Gasteiger partial charge in [-0.05, 0) is 12.1 Å². The molecule has 0 saturated carbocycles. The molecule has 0 spiro atoms. The van der Waals surface area contributed by atoms with E-state index in [2.05, 4.69) is 0 Å². The first-order chi connectivity index (χ1) is 7.33. The Bertz CT molecular complexity index is 448. The van der Waals surface area contributed by atoms with E-state index in [9.17, 15) is 17.2 Å². The van der Waals surface area contributed by atoms with Crippen LogP contribution in [0.4, 0.5) is 8.78 Å². The number of halogens is 3. The molecule has 1 atom stereocenters. The van der Waals surface area contributed by atoms with Crippen molar-refractivity contribution in [1.82, 2.24) is 4.72 Å². The van der Waals surface area contributed by atoms with Crippen LogP contribution < -0.4 is 4.72 Å². The normalized spacial score (nSPS) is 14.3. The Labute approximate surface area is 99.9 Å². The predicted molar refractivity (Wildman–Crippen MR) is 56.5 cm³/mol. The lowest BCUT2D eigenvalue weighted by molar-refractivity contribution is -0.000445. The van der Waals surface area contributed by atoms with Gasteiger partial charge in [-0.2, -0.15) is 0 Å². The highest BCUT2D eigenvalue weighted by Gasteiger charge is 2.22. The molecule has 0 amide bonds. The molecule has 0 aromatic carbocycles. The zero-order valence-electron chi connectivity index (χ0n) is 7.73. The van der Waals surface area contributed by atoms with Crippen LogP contribution in [0.3, 0.4) is 0 Å². The molecule has 2 N–H and O–H groups in total. The van der Waals surface area contributed by atoms with E-state index < -0.39 is 29.1 Å². The van der Waals surface area contributed by atoms with Gasteiger partial charge in [0.25, 0.3) is 6.43 Å². The molecule has 16 heavy (non-hydrogen) atoms. The molecule has 1 aromatic rings. The smallest absolute Gasteiger partial charge is 0.265 e. The zero-order chi connectivity index (χ0) is 12.3. The van der Waals surface area contributed by atoms with Crippen molar-refractivity contribution in [2.45, 2.75) is 16.7 Å². The van der Waals surface area contributed by atoms with Crippen LogP contribution in [-0.4, -0.2) is 32.6 Å². The molecule has 0 fully saturated rings. The molecule has 0 aliphatic carbocycles. The summed E-state index contributed by atoms with van der Waals surface area (Å²) in [6, 6.07) is 2.63. The average molecular weight is 292 g/mol. The molecule has 92 valence electrons. The van der Waals surface area contributed by atoms with Crippen molar-refractivity contribution < 1.29 is 22.3 Å². The second kappa shape index (κ2) is 5.37. The van der Waals surface area contributed by atoms with Crippen LogP contribution >= 0.6 is 22.9 Å². The molecule has 4 nitrogen and oxygen atoms in total. The Morgan fingerprint density at radius 3 is 2.56 bits per heavy atom. The zero-order valence-corrected chi connectivity index (χ0v) is 10.1. The Kier molecular flexibility index (Phi) is 4.62. The standard InChI is InChI=1S/C7H8ClF2NO3S2/c8-5-1-2-6(15-5)16(13,14)11-3-4(12)7(9)10/h1-2,4,7,11-12H,3H2. The molecule has 1 unspecified atom stereocenters. The van der Waals surface area contributed by atoms with Gasteiger partial charge < -0.3 is 5.11 Å². The van der Waals surface area contributed by atoms with Crippen molar-refractivity contribution in [3.63, 3.8) is 0 Å². The number of nitrogens with one attached hydrogen (secondary N) is 1. The van der Waals surface area contributed by atoms with Crippen LogP contribution in [0.2, 0.25) is 4.34 Å². The van der Waals surface area contributed by atoms with Gasteiger partial charge in [0.15, 0.2) is 0 Å². The van der Waals surface area contributed by atoms with Crippen LogP contribution in [0, 0.1) is 0 Å². The van der Waals surface area contributed by atoms with Crippen molar-refractivity contribution in [2.75, 3.05) is 6.54 Å². The summed E-state index contributed by atoms with van der Waals surface area (Å²) >= 11 is 6.34. The highest BCUT2D eigenvalue weighted by molar-refractivity contribution is 7.91. The SMILES string of the molecule is O=S(=O)(NCC(O)C(F)F)c1ccc(Cl)s1. The summed E-state index contributed by atoms with van der Waals surface area (Å²) in [4.78, 5) is 0. The van der Waals surface area contributed by atoms with Crippen molar-refractivity contribution >= 4 is 33.0 Å². The van der Waals surface area contributed by atoms with Gasteiger partial charge in [-0.1, -0.05) is 11.6 Å². The van der Waals surface area contributed by atoms with Gasteiger partial charge in [0.05, 0.1) is 4.34 Å². The fourth-order valence-electron chi connectivity index (χ4n) is 0.797. The first kappa shape index (κ1) is 13.8. The molecule has 0 aliphatic heterocycles. The predicted octanol–water partition coefficient (Wildman–Crippen LogP) is 1.31. The Hall–Kier alpha value is -0.280. The van der Waals surface area contributed by atoms with Crippen molar-refractivity contribution in [3.05, 3.63) is 16.5 Å². The maximum atomic E-state index is 11.9. The van der Waals surface area contributed by atoms with E-state index >= 15 is 0 Å². The molecule has 1 heterocycles. The summed E-state index contributed by atoms with van der Waals surface area (Å²) in [5, 5.41) is 8.74. The lowest BCUT2D eigenvalue weighted by Crippen LogP contribution is -2.35. The van der Waals surface area contributed by atoms with Gasteiger partial charge in [0.1, 0.15) is 10.3 Å². The second-order valence-corrected chi connectivity index (χ2v) is 6.52. The summed E-state index contributed by atoms with van der Waals surface area (Å²) < 4.78 is 48.8. The van der Waals surface area contributed by atoms with Crippen LogP contribution in [0.1, 0.15) is 0 Å². The minimum absolute atomic E-state index is 0.0843. The quantitative estimate of drug-likeness (QED) is 0.859. The third kappa shape index (κ3) is 3.63. The fraction of sp³-hybridized carbons (Fsp3) is 0.429. The van der Waals surface area contributed by atoms with E-state index in [-0.39, 0.29) is 8.55 Å². The van der Waals surface area contributed by atoms with E-state index in [0.717, 1.165) is 11.3 Å². The highest BCUT2D eigenvalue weighted by atomic mass is 35.5. The van der Waals surface area contributed by atoms with Gasteiger partial charge in [-0.3, -0.25) is 0 Å². The largest absolute Gasteiger partial charge is 0.386 e. The molecule has 1 rings (SSSR count). The number of hydrogen-bond acceptors (Lipinski definition) is 4. The molecule has 9 heteroatoms. The summed E-state index contributed by atoms with van der Waals surface area (Å²) in [6.07, 6.45) is -5.01. The Morgan fingerprint density at radius 1 is 1.50 bits per heavy atom. The third-order valence-corrected chi connectivity index (χ3v) is 4.73. The lowest BCUT2D eigenvalue weighted by atomic mass is 10.4. The number of aliphatic hydroxyl groups excluding tert-OH is 1. The molecular weight excluding hydrogens is 284 g/mol. The van der Waals surface area contributed by atoms with Crippen LogP contribution in [0.25, 0.3) is 0 Å². The average Bonchev–Trinajstić information content (AvgIpc) is 2.61. The molecular formula is C7H8ClF2NO3S2. The maximum absolute atomic E-state index is 11.9. The number of alkyl halides is 2.